The van der Waals surface area contributed by atoms with Crippen molar-refractivity contribution in [2.75, 3.05) is 0 Å². The second kappa shape index (κ2) is 10.6. The zero-order chi connectivity index (χ0) is 9.94. The average molecular weight is 248 g/mol. The number of halogens is 1. The number of unbranched alkanes of at least 4 members (excludes halogenated alkanes) is 5. The van der Waals surface area contributed by atoms with Gasteiger partial charge in [0.05, 0.1) is 0 Å². The first-order valence-electron chi connectivity index (χ1n) is 5.74. The minimum absolute atomic E-state index is 0.771. The summed E-state index contributed by atoms with van der Waals surface area (Å²) in [7, 11) is 0. The van der Waals surface area contributed by atoms with Crippen LogP contribution in [0.25, 0.3) is 0 Å². The van der Waals surface area contributed by atoms with Crippen molar-refractivity contribution in [1.82, 2.24) is 0 Å². The largest absolute Gasteiger partial charge is 0.0891 e. The molecule has 0 aromatic heterocycles. The number of hydrogen-bond acceptors (Lipinski definition) is 0. The first-order valence-corrected chi connectivity index (χ1v) is 6.66. The van der Waals surface area contributed by atoms with Gasteiger partial charge in [-0.05, 0) is 12.8 Å². The molecule has 0 saturated carbocycles. The standard InChI is InChI=1S/C12H24Br/c1-3-5-7-8-9-11-12(13)10-6-4-2/h12H,1,3-11H2,2H3. The second-order valence-electron chi connectivity index (χ2n) is 3.80. The van der Waals surface area contributed by atoms with Gasteiger partial charge in [-0.2, -0.15) is 0 Å². The third kappa shape index (κ3) is 10.4. The lowest BCUT2D eigenvalue weighted by molar-refractivity contribution is 0.580. The Morgan fingerprint density at radius 2 is 1.62 bits per heavy atom. The number of hydrogen-bond donors (Lipinski definition) is 0. The minimum atomic E-state index is 0.771. The molecule has 0 fully saturated rings. The van der Waals surface area contributed by atoms with E-state index < -0.39 is 0 Å². The highest BCUT2D eigenvalue weighted by atomic mass is 79.9. The van der Waals surface area contributed by atoms with Crippen molar-refractivity contribution in [2.24, 2.45) is 0 Å². The van der Waals surface area contributed by atoms with Crippen molar-refractivity contribution < 1.29 is 0 Å². The molecule has 1 radical (unpaired) electrons. The lowest BCUT2D eigenvalue weighted by Gasteiger charge is -2.08. The molecule has 1 unspecified atom stereocenters. The molecule has 0 N–H and O–H groups in total. The van der Waals surface area contributed by atoms with E-state index in [4.69, 9.17) is 0 Å². The summed E-state index contributed by atoms with van der Waals surface area (Å²) >= 11 is 3.74. The Morgan fingerprint density at radius 1 is 1.00 bits per heavy atom. The maximum absolute atomic E-state index is 3.85. The second-order valence-corrected chi connectivity index (χ2v) is 5.09. The van der Waals surface area contributed by atoms with Gasteiger partial charge >= 0.3 is 0 Å². The van der Waals surface area contributed by atoms with Crippen LogP contribution in [0.15, 0.2) is 0 Å². The van der Waals surface area contributed by atoms with E-state index in [-0.39, 0.29) is 0 Å². The van der Waals surface area contributed by atoms with E-state index in [0.29, 0.717) is 0 Å². The predicted octanol–water partition coefficient (Wildman–Crippen LogP) is 5.11. The molecular formula is C12H24Br. The maximum atomic E-state index is 3.85. The summed E-state index contributed by atoms with van der Waals surface area (Å²) in [6.45, 7) is 6.11. The molecule has 0 spiro atoms. The van der Waals surface area contributed by atoms with Gasteiger partial charge in [-0.15, -0.1) is 0 Å². The van der Waals surface area contributed by atoms with Crippen LogP contribution in [0.5, 0.6) is 0 Å². The first-order chi connectivity index (χ1) is 6.31. The molecule has 0 aliphatic heterocycles. The monoisotopic (exact) mass is 247 g/mol. The summed E-state index contributed by atoms with van der Waals surface area (Å²) < 4.78 is 0. The third-order valence-electron chi connectivity index (χ3n) is 2.39. The highest BCUT2D eigenvalue weighted by molar-refractivity contribution is 9.09. The summed E-state index contributed by atoms with van der Waals surface area (Å²) in [5, 5.41) is 0. The molecule has 1 heteroatoms. The molecule has 0 aliphatic rings. The van der Waals surface area contributed by atoms with E-state index in [1.807, 2.05) is 0 Å². The van der Waals surface area contributed by atoms with Crippen LogP contribution in [0.1, 0.15) is 64.7 Å². The summed E-state index contributed by atoms with van der Waals surface area (Å²) in [6, 6.07) is 0. The van der Waals surface area contributed by atoms with Crippen molar-refractivity contribution >= 4 is 15.9 Å². The molecule has 0 bridgehead atoms. The predicted molar refractivity (Wildman–Crippen MR) is 65.3 cm³/mol. The molecule has 0 rings (SSSR count). The van der Waals surface area contributed by atoms with E-state index in [1.165, 1.54) is 51.4 Å². The Labute approximate surface area is 92.6 Å². The Bertz CT molecular complexity index is 91.1. The Balaban J connectivity index is 3.03. The normalized spacial score (nSPS) is 13.2. The number of rotatable bonds is 9. The quantitative estimate of drug-likeness (QED) is 0.392. The molecule has 13 heavy (non-hydrogen) atoms. The van der Waals surface area contributed by atoms with Gasteiger partial charge in [0.25, 0.3) is 0 Å². The van der Waals surface area contributed by atoms with Crippen LogP contribution in [0.2, 0.25) is 0 Å². The van der Waals surface area contributed by atoms with E-state index in [9.17, 15) is 0 Å². The van der Waals surface area contributed by atoms with Gasteiger partial charge in [0.1, 0.15) is 0 Å². The van der Waals surface area contributed by atoms with Crippen LogP contribution < -0.4 is 0 Å². The van der Waals surface area contributed by atoms with Gasteiger partial charge in [0, 0.05) is 4.83 Å². The van der Waals surface area contributed by atoms with Gasteiger partial charge < -0.3 is 0 Å². The molecule has 0 saturated heterocycles. The van der Waals surface area contributed by atoms with Crippen LogP contribution in [-0.4, -0.2) is 4.83 Å². The molecule has 0 aromatic rings. The van der Waals surface area contributed by atoms with E-state index in [2.05, 4.69) is 29.8 Å². The first kappa shape index (κ1) is 13.5. The highest BCUT2D eigenvalue weighted by Gasteiger charge is 2.02. The van der Waals surface area contributed by atoms with Gasteiger partial charge in [0.2, 0.25) is 0 Å². The molecule has 0 nitrogen and oxygen atoms in total. The SMILES string of the molecule is [CH2]CCCCCCC(Br)CCCC. The molecule has 79 valence electrons. The lowest BCUT2D eigenvalue weighted by Crippen LogP contribution is -1.97. The lowest BCUT2D eigenvalue weighted by atomic mass is 10.1. The van der Waals surface area contributed by atoms with Crippen molar-refractivity contribution in [3.63, 3.8) is 0 Å². The fourth-order valence-corrected chi connectivity index (χ4v) is 2.11. The van der Waals surface area contributed by atoms with Crippen LogP contribution in [0.4, 0.5) is 0 Å². The average Bonchev–Trinajstić information content (AvgIpc) is 2.14. The highest BCUT2D eigenvalue weighted by Crippen LogP contribution is 2.17. The fourth-order valence-electron chi connectivity index (χ4n) is 1.47. The molecule has 0 amide bonds. The van der Waals surface area contributed by atoms with Crippen molar-refractivity contribution in [3.8, 4) is 0 Å². The molecule has 0 aromatic carbocycles. The molecule has 1 atom stereocenters. The van der Waals surface area contributed by atoms with Gasteiger partial charge in [-0.25, -0.2) is 0 Å². The van der Waals surface area contributed by atoms with E-state index >= 15 is 0 Å². The van der Waals surface area contributed by atoms with Crippen LogP contribution >= 0.6 is 15.9 Å². The third-order valence-corrected chi connectivity index (χ3v) is 3.30. The minimum Gasteiger partial charge on any atom is -0.0891 e. The van der Waals surface area contributed by atoms with E-state index in [1.54, 1.807) is 0 Å². The van der Waals surface area contributed by atoms with Crippen LogP contribution in [0.3, 0.4) is 0 Å². The van der Waals surface area contributed by atoms with Crippen molar-refractivity contribution in [2.45, 2.75) is 69.5 Å². The molecular weight excluding hydrogens is 224 g/mol. The Morgan fingerprint density at radius 3 is 2.23 bits per heavy atom. The van der Waals surface area contributed by atoms with Gasteiger partial charge in [0.15, 0.2) is 0 Å². The summed E-state index contributed by atoms with van der Waals surface area (Å²) in [5.74, 6) is 0. The molecule has 0 aliphatic carbocycles. The summed E-state index contributed by atoms with van der Waals surface area (Å²) in [4.78, 5) is 0.771. The Hall–Kier alpha value is 0.480. The topological polar surface area (TPSA) is 0 Å². The van der Waals surface area contributed by atoms with E-state index in [0.717, 1.165) is 11.2 Å². The zero-order valence-electron chi connectivity index (χ0n) is 9.03. The maximum Gasteiger partial charge on any atom is 0.0145 e. The van der Waals surface area contributed by atoms with Crippen molar-refractivity contribution in [1.29, 1.82) is 0 Å². The fraction of sp³-hybridized carbons (Fsp3) is 0.917. The van der Waals surface area contributed by atoms with Crippen LogP contribution in [0, 0.1) is 6.92 Å². The zero-order valence-corrected chi connectivity index (χ0v) is 10.6. The summed E-state index contributed by atoms with van der Waals surface area (Å²) in [6.07, 6.45) is 12.0. The Kier molecular flexibility index (Phi) is 11.0. The van der Waals surface area contributed by atoms with Crippen molar-refractivity contribution in [3.05, 3.63) is 6.92 Å². The molecule has 0 heterocycles. The van der Waals surface area contributed by atoms with Gasteiger partial charge in [-0.1, -0.05) is 74.7 Å². The summed E-state index contributed by atoms with van der Waals surface area (Å²) in [5.41, 5.74) is 0. The number of alkyl halides is 1. The van der Waals surface area contributed by atoms with Crippen LogP contribution in [-0.2, 0) is 0 Å². The van der Waals surface area contributed by atoms with Gasteiger partial charge in [-0.3, -0.25) is 0 Å². The smallest absolute Gasteiger partial charge is 0.0145 e.